The van der Waals surface area contributed by atoms with E-state index < -0.39 is 11.6 Å². The van der Waals surface area contributed by atoms with Gasteiger partial charge in [-0.3, -0.25) is 4.79 Å². The molecule has 3 nitrogen and oxygen atoms in total. The molecule has 0 aliphatic carbocycles. The molecular formula is C13H10F2O3. The summed E-state index contributed by atoms with van der Waals surface area (Å²) in [5.74, 6) is -1.52. The second-order valence-electron chi connectivity index (χ2n) is 3.72. The van der Waals surface area contributed by atoms with Gasteiger partial charge in [-0.15, -0.1) is 0 Å². The van der Waals surface area contributed by atoms with Crippen molar-refractivity contribution >= 4 is 0 Å². The molecule has 0 aliphatic heterocycles. The van der Waals surface area contributed by atoms with Gasteiger partial charge in [-0.05, 0) is 13.0 Å². The maximum atomic E-state index is 13.3. The first-order valence-electron chi connectivity index (χ1n) is 5.23. The average molecular weight is 252 g/mol. The molecule has 1 heterocycles. The van der Waals surface area contributed by atoms with Gasteiger partial charge in [0.05, 0.1) is 0 Å². The molecule has 5 heteroatoms. The van der Waals surface area contributed by atoms with E-state index in [0.717, 1.165) is 12.3 Å². The second kappa shape index (κ2) is 5.00. The number of benzene rings is 1. The first kappa shape index (κ1) is 12.3. The minimum Gasteiger partial charge on any atom is -0.482 e. The smallest absolute Gasteiger partial charge is 0.226 e. The van der Waals surface area contributed by atoms with E-state index in [1.807, 2.05) is 0 Å². The Hall–Kier alpha value is -2.17. The first-order chi connectivity index (χ1) is 8.58. The number of ether oxygens (including phenoxy) is 1. The van der Waals surface area contributed by atoms with Crippen molar-refractivity contribution in [3.8, 4) is 5.75 Å². The van der Waals surface area contributed by atoms with Gasteiger partial charge in [0.15, 0.2) is 11.6 Å². The molecule has 0 amide bonds. The fraction of sp³-hybridized carbons (Fsp3) is 0.154. The first-order valence-corrected chi connectivity index (χ1v) is 5.23. The van der Waals surface area contributed by atoms with E-state index in [-0.39, 0.29) is 23.3 Å². The standard InChI is InChI=1S/C13H10F2O3/c1-8-5-11(16)12(7-17-8)18-6-9-3-2-4-10(14)13(9)15/h2-5,7H,6H2,1H3. The summed E-state index contributed by atoms with van der Waals surface area (Å²) < 4.78 is 36.3. The van der Waals surface area contributed by atoms with Crippen LogP contribution in [-0.4, -0.2) is 0 Å². The normalized spacial score (nSPS) is 10.4. The Labute approximate surface area is 102 Å². The average Bonchev–Trinajstić information content (AvgIpc) is 2.33. The summed E-state index contributed by atoms with van der Waals surface area (Å²) in [7, 11) is 0. The summed E-state index contributed by atoms with van der Waals surface area (Å²) in [5, 5.41) is 0. The lowest BCUT2D eigenvalue weighted by Crippen LogP contribution is -2.08. The van der Waals surface area contributed by atoms with Gasteiger partial charge in [0.2, 0.25) is 11.2 Å². The summed E-state index contributed by atoms with van der Waals surface area (Å²) >= 11 is 0. The molecular weight excluding hydrogens is 242 g/mol. The van der Waals surface area contributed by atoms with Gasteiger partial charge in [-0.1, -0.05) is 12.1 Å². The van der Waals surface area contributed by atoms with Gasteiger partial charge in [0.25, 0.3) is 0 Å². The van der Waals surface area contributed by atoms with Crippen molar-refractivity contribution in [2.24, 2.45) is 0 Å². The second-order valence-corrected chi connectivity index (χ2v) is 3.72. The molecule has 0 unspecified atom stereocenters. The molecule has 2 aromatic rings. The zero-order chi connectivity index (χ0) is 13.1. The molecule has 0 aliphatic rings. The van der Waals surface area contributed by atoms with Gasteiger partial charge in [-0.2, -0.15) is 0 Å². The molecule has 1 aromatic heterocycles. The molecule has 0 bridgehead atoms. The lowest BCUT2D eigenvalue weighted by atomic mass is 10.2. The van der Waals surface area contributed by atoms with Gasteiger partial charge in [-0.25, -0.2) is 8.78 Å². The summed E-state index contributed by atoms with van der Waals surface area (Å²) in [6.45, 7) is 1.38. The van der Waals surface area contributed by atoms with Crippen LogP contribution in [0.3, 0.4) is 0 Å². The molecule has 0 fully saturated rings. The molecule has 94 valence electrons. The van der Waals surface area contributed by atoms with Crippen LogP contribution in [0.25, 0.3) is 0 Å². The van der Waals surface area contributed by atoms with E-state index >= 15 is 0 Å². The Bertz CT molecular complexity index is 620. The van der Waals surface area contributed by atoms with E-state index in [4.69, 9.17) is 9.15 Å². The SMILES string of the molecule is Cc1cc(=O)c(OCc2cccc(F)c2F)co1. The maximum Gasteiger partial charge on any atom is 0.226 e. The van der Waals surface area contributed by atoms with Gasteiger partial charge in [0, 0.05) is 11.6 Å². The molecule has 0 spiro atoms. The van der Waals surface area contributed by atoms with Crippen LogP contribution in [0, 0.1) is 18.6 Å². The van der Waals surface area contributed by atoms with E-state index in [2.05, 4.69) is 0 Å². The van der Waals surface area contributed by atoms with E-state index in [9.17, 15) is 13.6 Å². The number of hydrogen-bond donors (Lipinski definition) is 0. The third-order valence-corrected chi connectivity index (χ3v) is 2.34. The quantitative estimate of drug-likeness (QED) is 0.843. The zero-order valence-corrected chi connectivity index (χ0v) is 9.57. The topological polar surface area (TPSA) is 39.4 Å². The highest BCUT2D eigenvalue weighted by Crippen LogP contribution is 2.14. The van der Waals surface area contributed by atoms with Crippen molar-refractivity contribution < 1.29 is 17.9 Å². The van der Waals surface area contributed by atoms with E-state index in [0.29, 0.717) is 5.76 Å². The molecule has 0 atom stereocenters. The van der Waals surface area contributed by atoms with Gasteiger partial charge < -0.3 is 9.15 Å². The third kappa shape index (κ3) is 2.56. The van der Waals surface area contributed by atoms with Crippen molar-refractivity contribution in [1.29, 1.82) is 0 Å². The third-order valence-electron chi connectivity index (χ3n) is 2.34. The minimum absolute atomic E-state index is 0.0370. The van der Waals surface area contributed by atoms with Crippen LogP contribution in [-0.2, 0) is 6.61 Å². The van der Waals surface area contributed by atoms with Crippen molar-refractivity contribution in [2.75, 3.05) is 0 Å². The van der Waals surface area contributed by atoms with Gasteiger partial charge >= 0.3 is 0 Å². The molecule has 0 saturated carbocycles. The van der Waals surface area contributed by atoms with Crippen LogP contribution in [0.1, 0.15) is 11.3 Å². The van der Waals surface area contributed by atoms with Crippen LogP contribution in [0.5, 0.6) is 5.75 Å². The Morgan fingerprint density at radius 3 is 2.83 bits per heavy atom. The molecule has 1 aromatic carbocycles. The van der Waals surface area contributed by atoms with Crippen molar-refractivity contribution in [3.63, 3.8) is 0 Å². The fourth-order valence-corrected chi connectivity index (χ4v) is 1.41. The van der Waals surface area contributed by atoms with Crippen LogP contribution < -0.4 is 10.2 Å². The Balaban J connectivity index is 2.17. The zero-order valence-electron chi connectivity index (χ0n) is 9.57. The van der Waals surface area contributed by atoms with Gasteiger partial charge in [0.1, 0.15) is 18.6 Å². The van der Waals surface area contributed by atoms with Crippen molar-refractivity contribution in [1.82, 2.24) is 0 Å². The fourth-order valence-electron chi connectivity index (χ4n) is 1.41. The lowest BCUT2D eigenvalue weighted by molar-refractivity contribution is 0.283. The number of rotatable bonds is 3. The molecule has 0 N–H and O–H groups in total. The highest BCUT2D eigenvalue weighted by Gasteiger charge is 2.09. The predicted octanol–water partition coefficient (Wildman–Crippen LogP) is 2.81. The summed E-state index contributed by atoms with van der Waals surface area (Å²) in [6.07, 6.45) is 1.15. The van der Waals surface area contributed by atoms with Crippen molar-refractivity contribution in [3.05, 3.63) is 63.7 Å². The van der Waals surface area contributed by atoms with Crippen LogP contribution in [0.4, 0.5) is 8.78 Å². The lowest BCUT2D eigenvalue weighted by Gasteiger charge is -2.06. The largest absolute Gasteiger partial charge is 0.482 e. The Kier molecular flexibility index (Phi) is 3.41. The number of aryl methyl sites for hydroxylation is 1. The highest BCUT2D eigenvalue weighted by atomic mass is 19.2. The molecule has 2 rings (SSSR count). The Morgan fingerprint density at radius 1 is 1.33 bits per heavy atom. The molecule has 18 heavy (non-hydrogen) atoms. The van der Waals surface area contributed by atoms with E-state index in [1.165, 1.54) is 18.2 Å². The van der Waals surface area contributed by atoms with E-state index in [1.54, 1.807) is 6.92 Å². The monoisotopic (exact) mass is 252 g/mol. The summed E-state index contributed by atoms with van der Waals surface area (Å²) in [5.41, 5.74) is -0.328. The minimum atomic E-state index is -0.978. The highest BCUT2D eigenvalue weighted by molar-refractivity contribution is 5.21. The number of halogens is 2. The predicted molar refractivity (Wildman–Crippen MR) is 60.4 cm³/mol. The molecule has 0 saturated heterocycles. The van der Waals surface area contributed by atoms with Crippen LogP contribution >= 0.6 is 0 Å². The van der Waals surface area contributed by atoms with Crippen molar-refractivity contribution in [2.45, 2.75) is 13.5 Å². The number of hydrogen-bond acceptors (Lipinski definition) is 3. The van der Waals surface area contributed by atoms with Crippen LogP contribution in [0.15, 0.2) is 39.7 Å². The maximum absolute atomic E-state index is 13.3. The molecule has 0 radical (unpaired) electrons. The van der Waals surface area contributed by atoms with Crippen LogP contribution in [0.2, 0.25) is 0 Å². The Morgan fingerprint density at radius 2 is 2.11 bits per heavy atom. The summed E-state index contributed by atoms with van der Waals surface area (Å²) in [4.78, 5) is 11.5. The summed E-state index contributed by atoms with van der Waals surface area (Å²) in [6, 6.07) is 5.03.